The predicted octanol–water partition coefficient (Wildman–Crippen LogP) is 2.65. The fraction of sp³-hybridized carbons (Fsp3) is 0.286. The third-order valence-electron chi connectivity index (χ3n) is 5.08. The number of nitrogens with one attached hydrogen (secondary N) is 1. The first-order valence-corrected chi connectivity index (χ1v) is 9.44. The number of likely N-dealkylation sites (N-methyl/N-ethyl adjacent to an activating group) is 1. The zero-order valence-electron chi connectivity index (χ0n) is 16.4. The summed E-state index contributed by atoms with van der Waals surface area (Å²) in [7, 11) is 2.11. The lowest BCUT2D eigenvalue weighted by molar-refractivity contribution is 0.102. The van der Waals surface area contributed by atoms with Crippen molar-refractivity contribution in [1.29, 1.82) is 5.26 Å². The maximum atomic E-state index is 12.8. The van der Waals surface area contributed by atoms with E-state index in [1.165, 1.54) is 0 Å². The maximum absolute atomic E-state index is 12.8. The standard InChI is InChI=1S/C21H22N6O2/c1-15-19(17(13-22)21(29-15)27-7-3-4-8-27)20(28)24-16-5-6-18(23-14-16)26-11-9-25(2)10-12-26/h3-8,14H,9-12H2,1-2H3,(H,24,28). The molecule has 0 bridgehead atoms. The van der Waals surface area contributed by atoms with Gasteiger partial charge in [0, 0.05) is 38.6 Å². The first kappa shape index (κ1) is 18.8. The smallest absolute Gasteiger partial charge is 0.260 e. The van der Waals surface area contributed by atoms with E-state index in [0.29, 0.717) is 17.3 Å². The van der Waals surface area contributed by atoms with E-state index >= 15 is 0 Å². The number of hydrogen-bond acceptors (Lipinski definition) is 6. The number of nitriles is 1. The Morgan fingerprint density at radius 3 is 2.55 bits per heavy atom. The molecule has 0 saturated carbocycles. The maximum Gasteiger partial charge on any atom is 0.260 e. The molecule has 3 aromatic heterocycles. The summed E-state index contributed by atoms with van der Waals surface area (Å²) in [5.74, 6) is 1.23. The predicted molar refractivity (Wildman–Crippen MR) is 109 cm³/mol. The second-order valence-corrected chi connectivity index (χ2v) is 7.07. The Kier molecular flexibility index (Phi) is 5.06. The molecule has 1 aliphatic heterocycles. The van der Waals surface area contributed by atoms with Crippen LogP contribution in [0, 0.1) is 18.3 Å². The quantitative estimate of drug-likeness (QED) is 0.737. The van der Waals surface area contributed by atoms with Crippen molar-refractivity contribution in [1.82, 2.24) is 14.5 Å². The molecule has 0 radical (unpaired) electrons. The van der Waals surface area contributed by atoms with Crippen molar-refractivity contribution in [2.75, 3.05) is 43.4 Å². The molecule has 4 heterocycles. The lowest BCUT2D eigenvalue weighted by Gasteiger charge is -2.33. The van der Waals surface area contributed by atoms with Crippen molar-refractivity contribution in [3.05, 3.63) is 59.7 Å². The van der Waals surface area contributed by atoms with Crippen LogP contribution in [-0.2, 0) is 0 Å². The van der Waals surface area contributed by atoms with Crippen LogP contribution in [0.25, 0.3) is 5.88 Å². The van der Waals surface area contributed by atoms with Crippen molar-refractivity contribution in [2.45, 2.75) is 6.92 Å². The number of nitrogens with zero attached hydrogens (tertiary/aromatic N) is 5. The number of carbonyl (C=O) groups is 1. The number of pyridine rings is 1. The van der Waals surface area contributed by atoms with E-state index in [4.69, 9.17) is 4.42 Å². The van der Waals surface area contributed by atoms with Gasteiger partial charge in [-0.25, -0.2) is 4.98 Å². The minimum Gasteiger partial charge on any atom is -0.443 e. The molecule has 3 aromatic rings. The topological polar surface area (TPSA) is 90.3 Å². The van der Waals surface area contributed by atoms with Crippen molar-refractivity contribution in [3.63, 3.8) is 0 Å². The number of anilines is 2. The summed E-state index contributed by atoms with van der Waals surface area (Å²) in [6.45, 7) is 5.53. The number of aromatic nitrogens is 2. The van der Waals surface area contributed by atoms with Gasteiger partial charge in [0.25, 0.3) is 5.91 Å². The molecule has 0 unspecified atom stereocenters. The SMILES string of the molecule is Cc1oc(-n2cccc2)c(C#N)c1C(=O)Nc1ccc(N2CCN(C)CC2)nc1. The molecule has 1 amide bonds. The van der Waals surface area contributed by atoms with Crippen LogP contribution in [0.1, 0.15) is 21.7 Å². The molecule has 29 heavy (non-hydrogen) atoms. The molecule has 1 aliphatic rings. The monoisotopic (exact) mass is 390 g/mol. The van der Waals surface area contributed by atoms with Crippen molar-refractivity contribution in [2.24, 2.45) is 0 Å². The van der Waals surface area contributed by atoms with Gasteiger partial charge in [0.05, 0.1) is 11.9 Å². The van der Waals surface area contributed by atoms with E-state index in [0.717, 1.165) is 32.0 Å². The summed E-state index contributed by atoms with van der Waals surface area (Å²) >= 11 is 0. The highest BCUT2D eigenvalue weighted by atomic mass is 16.4. The van der Waals surface area contributed by atoms with E-state index in [2.05, 4.69) is 33.2 Å². The van der Waals surface area contributed by atoms with Gasteiger partial charge in [0.1, 0.15) is 28.8 Å². The van der Waals surface area contributed by atoms with Gasteiger partial charge in [-0.05, 0) is 38.2 Å². The first-order valence-electron chi connectivity index (χ1n) is 9.44. The molecule has 148 valence electrons. The summed E-state index contributed by atoms with van der Waals surface area (Å²) < 4.78 is 7.38. The largest absolute Gasteiger partial charge is 0.443 e. The average molecular weight is 390 g/mol. The Bertz CT molecular complexity index is 1040. The molecule has 0 aromatic carbocycles. The Balaban J connectivity index is 1.52. The summed E-state index contributed by atoms with van der Waals surface area (Å²) in [4.78, 5) is 21.8. The number of hydrogen-bond donors (Lipinski definition) is 1. The normalized spacial score (nSPS) is 14.6. The highest BCUT2D eigenvalue weighted by molar-refractivity contribution is 6.07. The number of furan rings is 1. The number of piperazine rings is 1. The van der Waals surface area contributed by atoms with E-state index in [1.54, 1.807) is 30.1 Å². The zero-order chi connectivity index (χ0) is 20.4. The summed E-state index contributed by atoms with van der Waals surface area (Å²) in [5, 5.41) is 12.4. The third kappa shape index (κ3) is 3.73. The van der Waals surface area contributed by atoms with E-state index in [9.17, 15) is 10.1 Å². The van der Waals surface area contributed by atoms with Gasteiger partial charge in [-0.2, -0.15) is 5.26 Å². The first-order chi connectivity index (χ1) is 14.1. The molecular formula is C21H22N6O2. The van der Waals surface area contributed by atoms with Gasteiger partial charge < -0.3 is 19.5 Å². The number of amides is 1. The second-order valence-electron chi connectivity index (χ2n) is 7.07. The fourth-order valence-corrected chi connectivity index (χ4v) is 3.44. The highest BCUT2D eigenvalue weighted by Gasteiger charge is 2.24. The van der Waals surface area contributed by atoms with Crippen LogP contribution in [0.5, 0.6) is 0 Å². The zero-order valence-corrected chi connectivity index (χ0v) is 16.4. The molecule has 1 N–H and O–H groups in total. The van der Waals surface area contributed by atoms with Crippen LogP contribution in [0.3, 0.4) is 0 Å². The minimum atomic E-state index is -0.393. The van der Waals surface area contributed by atoms with Gasteiger partial charge in [-0.3, -0.25) is 9.36 Å². The molecule has 1 saturated heterocycles. The molecule has 0 spiro atoms. The molecule has 0 aliphatic carbocycles. The van der Waals surface area contributed by atoms with Crippen LogP contribution in [0.4, 0.5) is 11.5 Å². The Morgan fingerprint density at radius 1 is 1.21 bits per heavy atom. The molecule has 8 heteroatoms. The molecule has 4 rings (SSSR count). The van der Waals surface area contributed by atoms with Gasteiger partial charge in [0.2, 0.25) is 5.88 Å². The van der Waals surface area contributed by atoms with Crippen LogP contribution in [0.2, 0.25) is 0 Å². The number of carbonyl (C=O) groups excluding carboxylic acids is 1. The lowest BCUT2D eigenvalue weighted by atomic mass is 10.1. The fourth-order valence-electron chi connectivity index (χ4n) is 3.44. The molecule has 1 fully saturated rings. The Labute approximate surface area is 169 Å². The minimum absolute atomic E-state index is 0.207. The van der Waals surface area contributed by atoms with E-state index in [-0.39, 0.29) is 11.1 Å². The molecular weight excluding hydrogens is 368 g/mol. The molecule has 8 nitrogen and oxygen atoms in total. The summed E-state index contributed by atoms with van der Waals surface area (Å²) in [6.07, 6.45) is 5.17. The van der Waals surface area contributed by atoms with Crippen molar-refractivity contribution >= 4 is 17.4 Å². The second kappa shape index (κ2) is 7.81. The highest BCUT2D eigenvalue weighted by Crippen LogP contribution is 2.26. The van der Waals surface area contributed by atoms with Gasteiger partial charge in [0.15, 0.2) is 0 Å². The summed E-state index contributed by atoms with van der Waals surface area (Å²) in [5.41, 5.74) is 1.01. The van der Waals surface area contributed by atoms with Crippen LogP contribution in [0.15, 0.2) is 47.3 Å². The van der Waals surface area contributed by atoms with Crippen LogP contribution in [-0.4, -0.2) is 53.6 Å². The molecule has 0 atom stereocenters. The number of rotatable bonds is 4. The van der Waals surface area contributed by atoms with E-state index < -0.39 is 5.91 Å². The van der Waals surface area contributed by atoms with Crippen LogP contribution >= 0.6 is 0 Å². The summed E-state index contributed by atoms with van der Waals surface area (Å²) in [6, 6.07) is 9.47. The van der Waals surface area contributed by atoms with Gasteiger partial charge >= 0.3 is 0 Å². The van der Waals surface area contributed by atoms with Gasteiger partial charge in [-0.1, -0.05) is 0 Å². The van der Waals surface area contributed by atoms with E-state index in [1.807, 2.05) is 24.3 Å². The average Bonchev–Trinajstić information content (AvgIpc) is 3.36. The van der Waals surface area contributed by atoms with Gasteiger partial charge in [-0.15, -0.1) is 0 Å². The van der Waals surface area contributed by atoms with Crippen molar-refractivity contribution in [3.8, 4) is 12.0 Å². The Hall–Kier alpha value is -3.57. The number of aryl methyl sites for hydroxylation is 1. The Morgan fingerprint density at radius 2 is 1.93 bits per heavy atom. The lowest BCUT2D eigenvalue weighted by Crippen LogP contribution is -2.44. The van der Waals surface area contributed by atoms with Crippen molar-refractivity contribution < 1.29 is 9.21 Å². The third-order valence-corrected chi connectivity index (χ3v) is 5.08. The van der Waals surface area contributed by atoms with Crippen LogP contribution < -0.4 is 10.2 Å².